The lowest BCUT2D eigenvalue weighted by Crippen LogP contribution is -2.11. The zero-order valence-electron chi connectivity index (χ0n) is 13.5. The van der Waals surface area contributed by atoms with Gasteiger partial charge in [0.05, 0.1) is 5.56 Å². The van der Waals surface area contributed by atoms with Crippen LogP contribution in [0.3, 0.4) is 0 Å². The third-order valence-corrected chi connectivity index (χ3v) is 4.03. The molecular formula is C21H16O4. The molecule has 0 unspecified atom stereocenters. The molecule has 0 radical (unpaired) electrons. The topological polar surface area (TPSA) is 44.8 Å². The van der Waals surface area contributed by atoms with Crippen LogP contribution >= 0.6 is 0 Å². The molecule has 0 saturated heterocycles. The predicted molar refractivity (Wildman–Crippen MR) is 93.2 cm³/mol. The fraction of sp³-hybridized carbons (Fsp3) is 0.0952. The molecule has 0 aromatic heterocycles. The molecule has 0 bridgehead atoms. The minimum Gasteiger partial charge on any atom is -0.454 e. The number of hydrogen-bond acceptors (Lipinski definition) is 4. The molecule has 4 heteroatoms. The highest BCUT2D eigenvalue weighted by molar-refractivity contribution is 5.92. The van der Waals surface area contributed by atoms with Gasteiger partial charge in [0.2, 0.25) is 6.79 Å². The van der Waals surface area contributed by atoms with Gasteiger partial charge in [-0.2, -0.15) is 0 Å². The summed E-state index contributed by atoms with van der Waals surface area (Å²) in [5, 5.41) is 0. The molecule has 0 spiro atoms. The Morgan fingerprint density at radius 2 is 1.64 bits per heavy atom. The first-order valence-corrected chi connectivity index (χ1v) is 8.03. The summed E-state index contributed by atoms with van der Waals surface area (Å²) in [5.41, 5.74) is 2.63. The molecule has 1 aliphatic heterocycles. The number of ether oxygens (including phenoxy) is 3. The van der Waals surface area contributed by atoms with Gasteiger partial charge in [0.25, 0.3) is 0 Å². The number of carbonyl (C=O) groups excluding carboxylic acids is 1. The summed E-state index contributed by atoms with van der Waals surface area (Å²) in [6.07, 6.45) is 0.674. The quantitative estimate of drug-likeness (QED) is 0.530. The third kappa shape index (κ3) is 3.33. The highest BCUT2D eigenvalue weighted by atomic mass is 16.7. The molecule has 1 aliphatic rings. The van der Waals surface area contributed by atoms with E-state index in [1.54, 1.807) is 24.3 Å². The largest absolute Gasteiger partial charge is 0.454 e. The second-order valence-corrected chi connectivity index (χ2v) is 5.72. The Bertz CT molecular complexity index is 903. The van der Waals surface area contributed by atoms with E-state index in [0.29, 0.717) is 29.2 Å². The van der Waals surface area contributed by atoms with Gasteiger partial charge in [-0.1, -0.05) is 48.5 Å². The van der Waals surface area contributed by atoms with Crippen LogP contribution in [0.1, 0.15) is 21.5 Å². The van der Waals surface area contributed by atoms with Crippen LogP contribution in [0.25, 0.3) is 0 Å². The zero-order chi connectivity index (χ0) is 17.1. The van der Waals surface area contributed by atoms with E-state index >= 15 is 0 Å². The monoisotopic (exact) mass is 332 g/mol. The molecule has 25 heavy (non-hydrogen) atoms. The van der Waals surface area contributed by atoms with E-state index in [9.17, 15) is 4.79 Å². The third-order valence-electron chi connectivity index (χ3n) is 4.03. The van der Waals surface area contributed by atoms with Crippen molar-refractivity contribution in [1.29, 1.82) is 0 Å². The maximum Gasteiger partial charge on any atom is 0.343 e. The van der Waals surface area contributed by atoms with E-state index < -0.39 is 0 Å². The molecule has 0 saturated carbocycles. The number of benzene rings is 3. The van der Waals surface area contributed by atoms with Gasteiger partial charge in [0.1, 0.15) is 5.75 Å². The molecule has 0 aliphatic carbocycles. The predicted octanol–water partition coefficient (Wildman–Crippen LogP) is 4.23. The van der Waals surface area contributed by atoms with Crippen molar-refractivity contribution >= 4 is 5.97 Å². The number of fused-ring (bicyclic) bond motifs is 1. The standard InChI is InChI=1S/C21H16O4/c22-21(25-17-10-11-19-20(13-17)24-14-23-19)18-9-5-4-8-16(18)12-15-6-2-1-3-7-15/h1-11,13H,12,14H2. The molecule has 4 nitrogen and oxygen atoms in total. The van der Waals surface area contributed by atoms with Gasteiger partial charge in [0.15, 0.2) is 11.5 Å². The molecule has 3 aromatic rings. The van der Waals surface area contributed by atoms with Crippen molar-refractivity contribution in [2.75, 3.05) is 6.79 Å². The second-order valence-electron chi connectivity index (χ2n) is 5.72. The molecule has 4 rings (SSSR count). The first-order valence-electron chi connectivity index (χ1n) is 8.03. The molecule has 0 atom stereocenters. The van der Waals surface area contributed by atoms with E-state index in [4.69, 9.17) is 14.2 Å². The summed E-state index contributed by atoms with van der Waals surface area (Å²) in [4.78, 5) is 12.6. The average Bonchev–Trinajstić information content (AvgIpc) is 3.11. The summed E-state index contributed by atoms with van der Waals surface area (Å²) >= 11 is 0. The fourth-order valence-electron chi connectivity index (χ4n) is 2.79. The molecular weight excluding hydrogens is 316 g/mol. The maximum atomic E-state index is 12.6. The molecule has 0 N–H and O–H groups in total. The summed E-state index contributed by atoms with van der Waals surface area (Å²) < 4.78 is 16.1. The minimum atomic E-state index is -0.384. The van der Waals surface area contributed by atoms with Crippen molar-refractivity contribution in [3.8, 4) is 17.2 Å². The molecule has 124 valence electrons. The van der Waals surface area contributed by atoms with Gasteiger partial charge in [-0.3, -0.25) is 0 Å². The lowest BCUT2D eigenvalue weighted by Gasteiger charge is -2.10. The first kappa shape index (κ1) is 15.3. The Balaban J connectivity index is 1.56. The van der Waals surface area contributed by atoms with Crippen LogP contribution in [0.4, 0.5) is 0 Å². The summed E-state index contributed by atoms with van der Waals surface area (Å²) in [6, 6.07) is 22.6. The van der Waals surface area contributed by atoms with Crippen LogP contribution in [-0.4, -0.2) is 12.8 Å². The molecule has 0 amide bonds. The Kier molecular flexibility index (Phi) is 4.09. The van der Waals surface area contributed by atoms with Crippen molar-refractivity contribution in [1.82, 2.24) is 0 Å². The summed E-state index contributed by atoms with van der Waals surface area (Å²) in [5.74, 6) is 1.29. The van der Waals surface area contributed by atoms with Gasteiger partial charge >= 0.3 is 5.97 Å². The van der Waals surface area contributed by atoms with Gasteiger partial charge in [-0.25, -0.2) is 4.79 Å². The lowest BCUT2D eigenvalue weighted by molar-refractivity contribution is 0.0733. The normalized spacial score (nSPS) is 12.0. The Hall–Kier alpha value is -3.27. The Morgan fingerprint density at radius 1 is 0.880 bits per heavy atom. The molecule has 0 fully saturated rings. The molecule has 3 aromatic carbocycles. The van der Waals surface area contributed by atoms with E-state index in [1.165, 1.54) is 0 Å². The minimum absolute atomic E-state index is 0.187. The highest BCUT2D eigenvalue weighted by Gasteiger charge is 2.17. The van der Waals surface area contributed by atoms with E-state index in [2.05, 4.69) is 0 Å². The van der Waals surface area contributed by atoms with Crippen LogP contribution in [0.15, 0.2) is 72.8 Å². The van der Waals surface area contributed by atoms with Gasteiger partial charge in [-0.15, -0.1) is 0 Å². The van der Waals surface area contributed by atoms with Crippen LogP contribution in [0, 0.1) is 0 Å². The zero-order valence-corrected chi connectivity index (χ0v) is 13.5. The average molecular weight is 332 g/mol. The van der Waals surface area contributed by atoms with E-state index in [0.717, 1.165) is 11.1 Å². The van der Waals surface area contributed by atoms with Gasteiger partial charge in [0, 0.05) is 6.07 Å². The Morgan fingerprint density at radius 3 is 2.52 bits per heavy atom. The number of hydrogen-bond donors (Lipinski definition) is 0. The number of esters is 1. The van der Waals surface area contributed by atoms with Crippen LogP contribution in [-0.2, 0) is 6.42 Å². The van der Waals surface area contributed by atoms with Crippen LogP contribution < -0.4 is 14.2 Å². The van der Waals surface area contributed by atoms with Crippen LogP contribution in [0.5, 0.6) is 17.2 Å². The summed E-state index contributed by atoms with van der Waals surface area (Å²) in [6.45, 7) is 0.187. The van der Waals surface area contributed by atoms with Crippen molar-refractivity contribution in [3.05, 3.63) is 89.5 Å². The van der Waals surface area contributed by atoms with Gasteiger partial charge < -0.3 is 14.2 Å². The number of carbonyl (C=O) groups is 1. The Labute approximate surface area is 145 Å². The smallest absolute Gasteiger partial charge is 0.343 e. The van der Waals surface area contributed by atoms with E-state index in [-0.39, 0.29) is 12.8 Å². The van der Waals surface area contributed by atoms with Gasteiger partial charge in [-0.05, 0) is 35.7 Å². The van der Waals surface area contributed by atoms with Crippen LogP contribution in [0.2, 0.25) is 0 Å². The first-order chi connectivity index (χ1) is 12.3. The van der Waals surface area contributed by atoms with E-state index in [1.807, 2.05) is 48.5 Å². The van der Waals surface area contributed by atoms with Crippen molar-refractivity contribution in [2.24, 2.45) is 0 Å². The second kappa shape index (κ2) is 6.69. The number of rotatable bonds is 4. The highest BCUT2D eigenvalue weighted by Crippen LogP contribution is 2.35. The summed E-state index contributed by atoms with van der Waals surface area (Å²) in [7, 11) is 0. The van der Waals surface area contributed by atoms with Crippen molar-refractivity contribution < 1.29 is 19.0 Å². The van der Waals surface area contributed by atoms with Crippen molar-refractivity contribution in [2.45, 2.75) is 6.42 Å². The SMILES string of the molecule is O=C(Oc1ccc2c(c1)OCO2)c1ccccc1Cc1ccccc1. The molecule has 1 heterocycles. The fourth-order valence-corrected chi connectivity index (χ4v) is 2.79. The van der Waals surface area contributed by atoms with Crippen molar-refractivity contribution in [3.63, 3.8) is 0 Å². The lowest BCUT2D eigenvalue weighted by atomic mass is 10.00. The maximum absolute atomic E-state index is 12.6.